The largest absolute Gasteiger partial charge is 0.507 e. The van der Waals surface area contributed by atoms with E-state index in [2.05, 4.69) is 20.6 Å². The number of nitrogens with one attached hydrogen (secondary N) is 1. The van der Waals surface area contributed by atoms with Gasteiger partial charge in [0.05, 0.1) is 29.1 Å². The Morgan fingerprint density at radius 2 is 1.85 bits per heavy atom. The number of carbonyl (C=O) groups is 1. The van der Waals surface area contributed by atoms with Crippen molar-refractivity contribution >= 4 is 46.5 Å². The molecule has 11 heteroatoms. The van der Waals surface area contributed by atoms with E-state index < -0.39 is 4.92 Å². The highest BCUT2D eigenvalue weighted by Gasteiger charge is 2.24. The monoisotopic (exact) mass is 384 g/mol. The van der Waals surface area contributed by atoms with Crippen molar-refractivity contribution in [3.8, 4) is 5.75 Å². The second kappa shape index (κ2) is 7.66. The number of phenols is 1. The first-order chi connectivity index (χ1) is 12.9. The van der Waals surface area contributed by atoms with Gasteiger partial charge in [-0.25, -0.2) is 0 Å². The number of nitro groups is 1. The van der Waals surface area contributed by atoms with Gasteiger partial charge in [0.25, 0.3) is 11.6 Å². The van der Waals surface area contributed by atoms with E-state index in [4.69, 9.17) is 12.2 Å². The lowest BCUT2D eigenvalue weighted by molar-refractivity contribution is -0.384. The molecule has 1 saturated heterocycles. The van der Waals surface area contributed by atoms with Crippen LogP contribution < -0.4 is 5.32 Å². The summed E-state index contributed by atoms with van der Waals surface area (Å²) in [5, 5.41) is 36.4. The lowest BCUT2D eigenvalue weighted by atomic mass is 10.2. The fourth-order valence-electron chi connectivity index (χ4n) is 2.12. The molecule has 2 N–H and O–H groups in total. The summed E-state index contributed by atoms with van der Waals surface area (Å²) in [4.78, 5) is 21.7. The molecule has 1 heterocycles. The third kappa shape index (κ3) is 4.27. The highest BCUT2D eigenvalue weighted by molar-refractivity contribution is 7.80. The molecule has 10 nitrogen and oxygen atoms in total. The number of azo groups is 1. The van der Waals surface area contributed by atoms with Gasteiger partial charge in [-0.2, -0.15) is 20.3 Å². The first-order valence-electron chi connectivity index (χ1n) is 7.58. The van der Waals surface area contributed by atoms with Crippen LogP contribution in [0.4, 0.5) is 17.1 Å². The van der Waals surface area contributed by atoms with Gasteiger partial charge < -0.3 is 10.4 Å². The Kier molecular flexibility index (Phi) is 5.13. The zero-order valence-electron chi connectivity index (χ0n) is 13.6. The highest BCUT2D eigenvalue weighted by atomic mass is 32.1. The van der Waals surface area contributed by atoms with Crippen LogP contribution in [0.15, 0.2) is 57.8 Å². The fourth-order valence-corrected chi connectivity index (χ4v) is 2.34. The summed E-state index contributed by atoms with van der Waals surface area (Å²) >= 11 is 4.95. The molecule has 0 atom stereocenters. The van der Waals surface area contributed by atoms with Gasteiger partial charge in [-0.1, -0.05) is 0 Å². The molecule has 3 rings (SSSR count). The van der Waals surface area contributed by atoms with E-state index in [0.717, 1.165) is 5.01 Å². The topological polar surface area (TPSA) is 133 Å². The van der Waals surface area contributed by atoms with E-state index >= 15 is 0 Å². The molecule has 1 aliphatic rings. The van der Waals surface area contributed by atoms with E-state index in [-0.39, 0.29) is 29.0 Å². The molecular weight excluding hydrogens is 372 g/mol. The first-order valence-corrected chi connectivity index (χ1v) is 7.99. The Bertz CT molecular complexity index is 957. The van der Waals surface area contributed by atoms with E-state index in [9.17, 15) is 20.0 Å². The third-order valence-electron chi connectivity index (χ3n) is 3.48. The summed E-state index contributed by atoms with van der Waals surface area (Å²) in [6.45, 7) is 0.0750. The number of nitrogens with zero attached hydrogens (tertiary/aromatic N) is 5. The molecule has 136 valence electrons. The van der Waals surface area contributed by atoms with Crippen LogP contribution in [0.3, 0.4) is 0 Å². The van der Waals surface area contributed by atoms with E-state index in [1.165, 1.54) is 48.7 Å². The molecule has 0 spiro atoms. The number of rotatable bonds is 5. The second-order valence-corrected chi connectivity index (χ2v) is 5.71. The molecular formula is C16H12N6O4S. The Balaban J connectivity index is 1.77. The number of hydrazone groups is 1. The Morgan fingerprint density at radius 3 is 2.48 bits per heavy atom. The van der Waals surface area contributed by atoms with E-state index in [1.54, 1.807) is 0 Å². The zero-order valence-corrected chi connectivity index (χ0v) is 14.5. The van der Waals surface area contributed by atoms with Gasteiger partial charge in [-0.15, -0.1) is 0 Å². The molecule has 0 unspecified atom stereocenters. The van der Waals surface area contributed by atoms with Crippen molar-refractivity contribution in [2.75, 3.05) is 6.54 Å². The van der Waals surface area contributed by atoms with Gasteiger partial charge in [-0.05, 0) is 42.5 Å². The fraction of sp³-hybridized carbons (Fsp3) is 0.0625. The minimum Gasteiger partial charge on any atom is -0.507 e. The van der Waals surface area contributed by atoms with Crippen molar-refractivity contribution in [1.82, 2.24) is 10.3 Å². The van der Waals surface area contributed by atoms with Crippen LogP contribution in [0.2, 0.25) is 0 Å². The molecule has 0 radical (unpaired) electrons. The predicted molar refractivity (Wildman–Crippen MR) is 100 cm³/mol. The molecule has 2 aromatic rings. The number of nitro benzene ring substituents is 1. The van der Waals surface area contributed by atoms with Crippen LogP contribution in [-0.4, -0.2) is 38.8 Å². The molecule has 1 amide bonds. The standard InChI is InChI=1S/C16H12N6O4S/c23-14-6-3-12(20-19-11-1-4-13(5-2-11)22(25)26)7-10(14)8-18-21-15(24)9-17-16(21)27/h1-8,23H,9H2,(H,17,27)/b18-8+,20-19?. The Hall–Kier alpha value is -3.73. The lowest BCUT2D eigenvalue weighted by Crippen LogP contribution is -2.25. The van der Waals surface area contributed by atoms with Gasteiger partial charge in [0.1, 0.15) is 5.75 Å². The van der Waals surface area contributed by atoms with Gasteiger partial charge in [0, 0.05) is 17.7 Å². The summed E-state index contributed by atoms with van der Waals surface area (Å²) in [6, 6.07) is 10.1. The number of non-ortho nitro benzene ring substituents is 1. The maximum absolute atomic E-state index is 11.6. The average molecular weight is 384 g/mol. The zero-order chi connectivity index (χ0) is 19.4. The molecule has 0 aromatic heterocycles. The number of amides is 1. The molecule has 2 aromatic carbocycles. The van der Waals surface area contributed by atoms with Crippen molar-refractivity contribution < 1.29 is 14.8 Å². The van der Waals surface area contributed by atoms with E-state index in [0.29, 0.717) is 16.9 Å². The molecule has 27 heavy (non-hydrogen) atoms. The minimum absolute atomic E-state index is 0.0408. The van der Waals surface area contributed by atoms with Crippen molar-refractivity contribution in [1.29, 1.82) is 0 Å². The highest BCUT2D eigenvalue weighted by Crippen LogP contribution is 2.25. The summed E-state index contributed by atoms with van der Waals surface area (Å²) in [5.74, 6) is -0.358. The number of hydrogen-bond donors (Lipinski definition) is 2. The number of phenolic OH excluding ortho intramolecular Hbond substituents is 1. The predicted octanol–water partition coefficient (Wildman–Crippen LogP) is 2.77. The van der Waals surface area contributed by atoms with Crippen molar-refractivity contribution in [3.63, 3.8) is 0 Å². The number of thiocarbonyl (C=S) groups is 1. The number of hydrogen-bond acceptors (Lipinski definition) is 8. The van der Waals surface area contributed by atoms with Crippen molar-refractivity contribution in [2.45, 2.75) is 0 Å². The summed E-state index contributed by atoms with van der Waals surface area (Å²) in [5.41, 5.74) is 1.13. The smallest absolute Gasteiger partial charge is 0.269 e. The number of benzene rings is 2. The molecule has 1 aliphatic heterocycles. The maximum Gasteiger partial charge on any atom is 0.269 e. The summed E-state index contributed by atoms with van der Waals surface area (Å²) in [7, 11) is 0. The van der Waals surface area contributed by atoms with Gasteiger partial charge in [0.15, 0.2) is 5.11 Å². The second-order valence-electron chi connectivity index (χ2n) is 5.33. The van der Waals surface area contributed by atoms with Crippen LogP contribution in [0, 0.1) is 10.1 Å². The van der Waals surface area contributed by atoms with Crippen LogP contribution in [0.5, 0.6) is 5.75 Å². The summed E-state index contributed by atoms with van der Waals surface area (Å²) in [6.07, 6.45) is 1.29. The maximum atomic E-state index is 11.6. The lowest BCUT2D eigenvalue weighted by Gasteiger charge is -2.06. The first kappa shape index (κ1) is 18.1. The van der Waals surface area contributed by atoms with Crippen LogP contribution in [-0.2, 0) is 4.79 Å². The average Bonchev–Trinajstić information content (AvgIpc) is 2.98. The number of carbonyl (C=O) groups excluding carboxylic acids is 1. The van der Waals surface area contributed by atoms with Gasteiger partial charge in [-0.3, -0.25) is 14.9 Å². The van der Waals surface area contributed by atoms with Crippen molar-refractivity contribution in [3.05, 3.63) is 58.1 Å². The van der Waals surface area contributed by atoms with Crippen LogP contribution in [0.25, 0.3) is 0 Å². The Labute approximate surface area is 158 Å². The molecule has 1 fully saturated rings. The van der Waals surface area contributed by atoms with Crippen molar-refractivity contribution in [2.24, 2.45) is 15.3 Å². The third-order valence-corrected chi connectivity index (χ3v) is 3.80. The number of aromatic hydroxyl groups is 1. The van der Waals surface area contributed by atoms with Gasteiger partial charge >= 0.3 is 0 Å². The minimum atomic E-state index is -0.501. The SMILES string of the molecule is O=C1CNC(=S)N1/N=C/c1cc(N=Nc2ccc([N+](=O)[O-])cc2)ccc1O. The summed E-state index contributed by atoms with van der Waals surface area (Å²) < 4.78 is 0. The van der Waals surface area contributed by atoms with Crippen LogP contribution in [0.1, 0.15) is 5.56 Å². The molecule has 0 saturated carbocycles. The van der Waals surface area contributed by atoms with Crippen LogP contribution >= 0.6 is 12.2 Å². The quantitative estimate of drug-likeness (QED) is 0.268. The molecule has 0 aliphatic carbocycles. The van der Waals surface area contributed by atoms with E-state index in [1.807, 2.05) is 0 Å². The normalized spacial score (nSPS) is 14.3. The Morgan fingerprint density at radius 1 is 1.19 bits per heavy atom. The molecule has 0 bridgehead atoms. The van der Waals surface area contributed by atoms with Gasteiger partial charge in [0.2, 0.25) is 0 Å².